The largest absolute Gasteiger partial charge is 0.378 e. The maximum atomic E-state index is 12.4. The number of amides is 1. The molecular weight excluding hydrogens is 274 g/mol. The van der Waals surface area contributed by atoms with Crippen LogP contribution in [0.15, 0.2) is 48.8 Å². The second-order valence-corrected chi connectivity index (χ2v) is 5.73. The number of nitrogens with one attached hydrogen (secondary N) is 1. The van der Waals surface area contributed by atoms with Gasteiger partial charge in [0.1, 0.15) is 0 Å². The lowest BCUT2D eigenvalue weighted by molar-refractivity contribution is 0.0793. The average molecular weight is 295 g/mol. The van der Waals surface area contributed by atoms with E-state index in [1.54, 1.807) is 6.20 Å². The maximum Gasteiger partial charge on any atom is 0.253 e. The highest BCUT2D eigenvalue weighted by Crippen LogP contribution is 2.21. The Bertz CT molecular complexity index is 636. The van der Waals surface area contributed by atoms with Crippen molar-refractivity contribution in [2.24, 2.45) is 0 Å². The molecule has 3 rings (SSSR count). The van der Waals surface area contributed by atoms with Crippen LogP contribution in [-0.4, -0.2) is 28.9 Å². The Morgan fingerprint density at radius 1 is 1.23 bits per heavy atom. The van der Waals surface area contributed by atoms with Crippen LogP contribution in [0.3, 0.4) is 0 Å². The van der Waals surface area contributed by atoms with Gasteiger partial charge < -0.3 is 10.2 Å². The fraction of sp³-hybridized carbons (Fsp3) is 0.333. The Morgan fingerprint density at radius 3 is 2.77 bits per heavy atom. The molecule has 4 nitrogen and oxygen atoms in total. The van der Waals surface area contributed by atoms with Crippen molar-refractivity contribution in [3.63, 3.8) is 0 Å². The zero-order valence-corrected chi connectivity index (χ0v) is 12.8. The van der Waals surface area contributed by atoms with Gasteiger partial charge in [-0.05, 0) is 49.6 Å². The molecule has 1 saturated heterocycles. The van der Waals surface area contributed by atoms with Crippen molar-refractivity contribution in [2.45, 2.75) is 25.8 Å². The van der Waals surface area contributed by atoms with Crippen molar-refractivity contribution < 1.29 is 4.79 Å². The molecule has 22 heavy (non-hydrogen) atoms. The van der Waals surface area contributed by atoms with Crippen molar-refractivity contribution in [3.05, 3.63) is 59.9 Å². The molecule has 1 fully saturated rings. The summed E-state index contributed by atoms with van der Waals surface area (Å²) in [6.07, 6.45) is 5.85. The summed E-state index contributed by atoms with van der Waals surface area (Å²) in [5, 5.41) is 3.43. The van der Waals surface area contributed by atoms with E-state index in [2.05, 4.69) is 17.2 Å². The summed E-state index contributed by atoms with van der Waals surface area (Å²) in [4.78, 5) is 18.5. The molecule has 0 bridgehead atoms. The Labute approximate surface area is 131 Å². The predicted octanol–water partition coefficient (Wildman–Crippen LogP) is 3.49. The highest BCUT2D eigenvalue weighted by molar-refractivity contribution is 5.95. The van der Waals surface area contributed by atoms with E-state index >= 15 is 0 Å². The summed E-state index contributed by atoms with van der Waals surface area (Å²) >= 11 is 0. The minimum Gasteiger partial charge on any atom is -0.378 e. The van der Waals surface area contributed by atoms with Crippen molar-refractivity contribution in [1.29, 1.82) is 0 Å². The topological polar surface area (TPSA) is 45.2 Å². The van der Waals surface area contributed by atoms with Gasteiger partial charge in [0.05, 0.1) is 6.04 Å². The molecular formula is C18H21N3O. The SMILES string of the molecule is C[C@H](Nc1cccc(C(=O)N2CCCC2)c1)c1cccnc1. The number of pyridine rings is 1. The number of benzene rings is 1. The van der Waals surface area contributed by atoms with E-state index < -0.39 is 0 Å². The van der Waals surface area contributed by atoms with E-state index in [0.717, 1.165) is 42.7 Å². The molecule has 1 aromatic heterocycles. The normalized spacial score (nSPS) is 15.6. The summed E-state index contributed by atoms with van der Waals surface area (Å²) < 4.78 is 0. The molecule has 0 spiro atoms. The third kappa shape index (κ3) is 3.27. The van der Waals surface area contributed by atoms with Crippen LogP contribution in [0.25, 0.3) is 0 Å². The smallest absolute Gasteiger partial charge is 0.253 e. The summed E-state index contributed by atoms with van der Waals surface area (Å²) in [5.74, 6) is 0.134. The van der Waals surface area contributed by atoms with Gasteiger partial charge in [0.25, 0.3) is 5.91 Å². The van der Waals surface area contributed by atoms with Gasteiger partial charge in [-0.3, -0.25) is 9.78 Å². The second kappa shape index (κ2) is 6.60. The summed E-state index contributed by atoms with van der Waals surface area (Å²) in [6, 6.07) is 11.9. The number of carbonyl (C=O) groups excluding carboxylic acids is 1. The molecule has 1 aromatic carbocycles. The van der Waals surface area contributed by atoms with Gasteiger partial charge >= 0.3 is 0 Å². The molecule has 2 heterocycles. The molecule has 1 amide bonds. The van der Waals surface area contributed by atoms with Crippen LogP contribution in [0, 0.1) is 0 Å². The van der Waals surface area contributed by atoms with Gasteiger partial charge in [0, 0.05) is 36.7 Å². The second-order valence-electron chi connectivity index (χ2n) is 5.73. The average Bonchev–Trinajstić information content (AvgIpc) is 3.09. The quantitative estimate of drug-likeness (QED) is 0.939. The first-order chi connectivity index (χ1) is 10.7. The third-order valence-electron chi connectivity index (χ3n) is 4.07. The lowest BCUT2D eigenvalue weighted by Crippen LogP contribution is -2.27. The molecule has 1 N–H and O–H groups in total. The van der Waals surface area contributed by atoms with Crippen molar-refractivity contribution >= 4 is 11.6 Å². The maximum absolute atomic E-state index is 12.4. The molecule has 0 radical (unpaired) electrons. The van der Waals surface area contributed by atoms with Crippen LogP contribution < -0.4 is 5.32 Å². The molecule has 4 heteroatoms. The van der Waals surface area contributed by atoms with E-state index in [1.807, 2.05) is 47.5 Å². The van der Waals surface area contributed by atoms with Gasteiger partial charge in [-0.2, -0.15) is 0 Å². The number of hydrogen-bond acceptors (Lipinski definition) is 3. The first-order valence-corrected chi connectivity index (χ1v) is 7.80. The van der Waals surface area contributed by atoms with E-state index in [9.17, 15) is 4.79 Å². The minimum atomic E-state index is 0.134. The number of hydrogen-bond donors (Lipinski definition) is 1. The van der Waals surface area contributed by atoms with Crippen LogP contribution in [0.5, 0.6) is 0 Å². The molecule has 1 aliphatic heterocycles. The van der Waals surface area contributed by atoms with Gasteiger partial charge in [0.15, 0.2) is 0 Å². The Hall–Kier alpha value is -2.36. The predicted molar refractivity (Wildman–Crippen MR) is 87.9 cm³/mol. The van der Waals surface area contributed by atoms with Crippen LogP contribution in [-0.2, 0) is 0 Å². The van der Waals surface area contributed by atoms with E-state index in [1.165, 1.54) is 0 Å². The molecule has 0 aliphatic carbocycles. The third-order valence-corrected chi connectivity index (χ3v) is 4.07. The molecule has 0 saturated carbocycles. The standard InChI is InChI=1S/C18H21N3O/c1-14(16-7-5-9-19-13-16)20-17-8-4-6-15(12-17)18(22)21-10-2-3-11-21/h4-9,12-14,20H,2-3,10-11H2,1H3/t14-/m0/s1. The monoisotopic (exact) mass is 295 g/mol. The molecule has 0 unspecified atom stereocenters. The summed E-state index contributed by atoms with van der Waals surface area (Å²) in [5.41, 5.74) is 2.84. The van der Waals surface area contributed by atoms with Gasteiger partial charge in [0.2, 0.25) is 0 Å². The van der Waals surface area contributed by atoms with Crippen molar-refractivity contribution in [3.8, 4) is 0 Å². The van der Waals surface area contributed by atoms with E-state index in [0.29, 0.717) is 0 Å². The van der Waals surface area contributed by atoms with Gasteiger partial charge in [-0.25, -0.2) is 0 Å². The van der Waals surface area contributed by atoms with Gasteiger partial charge in [-0.1, -0.05) is 12.1 Å². The first kappa shape index (κ1) is 14.6. The number of rotatable bonds is 4. The summed E-state index contributed by atoms with van der Waals surface area (Å²) in [6.45, 7) is 3.84. The van der Waals surface area contributed by atoms with Gasteiger partial charge in [-0.15, -0.1) is 0 Å². The van der Waals surface area contributed by atoms with Crippen molar-refractivity contribution in [2.75, 3.05) is 18.4 Å². The number of anilines is 1. The highest BCUT2D eigenvalue weighted by Gasteiger charge is 2.19. The fourth-order valence-electron chi connectivity index (χ4n) is 2.81. The zero-order chi connectivity index (χ0) is 15.4. The lowest BCUT2D eigenvalue weighted by atomic mass is 10.1. The van der Waals surface area contributed by atoms with Crippen LogP contribution >= 0.6 is 0 Å². The van der Waals surface area contributed by atoms with Crippen LogP contribution in [0.1, 0.15) is 41.7 Å². The van der Waals surface area contributed by atoms with Crippen LogP contribution in [0.2, 0.25) is 0 Å². The fourth-order valence-corrected chi connectivity index (χ4v) is 2.81. The Balaban J connectivity index is 1.72. The zero-order valence-electron chi connectivity index (χ0n) is 12.8. The van der Waals surface area contributed by atoms with E-state index in [4.69, 9.17) is 0 Å². The van der Waals surface area contributed by atoms with Crippen molar-refractivity contribution in [1.82, 2.24) is 9.88 Å². The highest BCUT2D eigenvalue weighted by atomic mass is 16.2. The first-order valence-electron chi connectivity index (χ1n) is 7.80. The molecule has 114 valence electrons. The van der Waals surface area contributed by atoms with Crippen LogP contribution in [0.4, 0.5) is 5.69 Å². The Kier molecular flexibility index (Phi) is 4.37. The number of likely N-dealkylation sites (tertiary alicyclic amines) is 1. The Morgan fingerprint density at radius 2 is 2.05 bits per heavy atom. The van der Waals surface area contributed by atoms with E-state index in [-0.39, 0.29) is 11.9 Å². The molecule has 1 aliphatic rings. The number of carbonyl (C=O) groups is 1. The minimum absolute atomic E-state index is 0.134. The number of nitrogens with zero attached hydrogens (tertiary/aromatic N) is 2. The molecule has 1 atom stereocenters. The summed E-state index contributed by atoms with van der Waals surface area (Å²) in [7, 11) is 0. The molecule has 2 aromatic rings. The lowest BCUT2D eigenvalue weighted by Gasteiger charge is -2.18. The number of aromatic nitrogens is 1.